The largest absolute Gasteiger partial charge is 0.444 e. The van der Waals surface area contributed by atoms with E-state index in [2.05, 4.69) is 17.1 Å². The third-order valence-electron chi connectivity index (χ3n) is 4.29. The Balaban J connectivity index is 1.97. The van der Waals surface area contributed by atoms with Crippen molar-refractivity contribution >= 4 is 6.09 Å². The lowest BCUT2D eigenvalue weighted by Crippen LogP contribution is -2.75. The third-order valence-corrected chi connectivity index (χ3v) is 4.29. The zero-order valence-electron chi connectivity index (χ0n) is 13.5. The summed E-state index contributed by atoms with van der Waals surface area (Å²) in [5.41, 5.74) is -0.319. The molecule has 0 unspecified atom stereocenters. The predicted octanol–water partition coefficient (Wildman–Crippen LogP) is 1.68. The third kappa shape index (κ3) is 3.09. The van der Waals surface area contributed by atoms with Crippen molar-refractivity contribution < 1.29 is 9.53 Å². The average Bonchev–Trinajstić information content (AvgIpc) is 2.67. The number of ether oxygens (including phenoxy) is 1. The molecule has 2 aliphatic heterocycles. The maximum Gasteiger partial charge on any atom is 0.410 e. The fourth-order valence-corrected chi connectivity index (χ4v) is 3.48. The fourth-order valence-electron chi connectivity index (χ4n) is 3.48. The van der Waals surface area contributed by atoms with E-state index in [1.54, 1.807) is 0 Å². The van der Waals surface area contributed by atoms with Crippen LogP contribution in [0.1, 0.15) is 40.5 Å². The summed E-state index contributed by atoms with van der Waals surface area (Å²) in [4.78, 5) is 16.5. The van der Waals surface area contributed by atoms with Crippen LogP contribution in [0, 0.1) is 0 Å². The van der Waals surface area contributed by atoms with E-state index < -0.39 is 5.60 Å². The molecule has 2 aliphatic rings. The Bertz CT molecular complexity index is 359. The number of likely N-dealkylation sites (tertiary alicyclic amines) is 2. The van der Waals surface area contributed by atoms with Crippen molar-refractivity contribution in [2.45, 2.75) is 57.7 Å². The number of hydrogen-bond donors (Lipinski definition) is 1. The molecule has 0 aromatic heterocycles. The average molecular weight is 283 g/mol. The van der Waals surface area contributed by atoms with Crippen LogP contribution in [0.25, 0.3) is 0 Å². The summed E-state index contributed by atoms with van der Waals surface area (Å²) in [5.74, 6) is 0. The van der Waals surface area contributed by atoms with Gasteiger partial charge in [-0.25, -0.2) is 4.79 Å². The molecular weight excluding hydrogens is 254 g/mol. The standard InChI is InChI=1S/C15H29N3O2/c1-12-7-6-8-18(12)15(9-16-5)10-17(11-15)13(19)20-14(2,3)4/h12,16H,6-11H2,1-5H3/t12-/m0/s1. The molecule has 5 nitrogen and oxygen atoms in total. The Morgan fingerprint density at radius 1 is 1.40 bits per heavy atom. The lowest BCUT2D eigenvalue weighted by Gasteiger charge is -2.56. The highest BCUT2D eigenvalue weighted by atomic mass is 16.6. The van der Waals surface area contributed by atoms with Gasteiger partial charge in [-0.15, -0.1) is 0 Å². The Hall–Kier alpha value is -0.810. The summed E-state index contributed by atoms with van der Waals surface area (Å²) in [6.45, 7) is 11.6. The van der Waals surface area contributed by atoms with Crippen molar-refractivity contribution in [2.24, 2.45) is 0 Å². The zero-order valence-corrected chi connectivity index (χ0v) is 13.5. The maximum absolute atomic E-state index is 12.1. The molecule has 1 atom stereocenters. The van der Waals surface area contributed by atoms with Crippen LogP contribution >= 0.6 is 0 Å². The summed E-state index contributed by atoms with van der Waals surface area (Å²) < 4.78 is 5.45. The molecule has 0 spiro atoms. The molecule has 116 valence electrons. The first-order valence-electron chi connectivity index (χ1n) is 7.67. The molecule has 20 heavy (non-hydrogen) atoms. The fraction of sp³-hybridized carbons (Fsp3) is 0.933. The highest BCUT2D eigenvalue weighted by Gasteiger charge is 2.52. The molecule has 0 aromatic carbocycles. The van der Waals surface area contributed by atoms with Crippen LogP contribution in [0.15, 0.2) is 0 Å². The molecular formula is C15H29N3O2. The SMILES string of the molecule is CNCC1(N2CCC[C@@H]2C)CN(C(=O)OC(C)(C)C)C1. The number of nitrogens with zero attached hydrogens (tertiary/aromatic N) is 2. The second-order valence-corrected chi connectivity index (χ2v) is 7.28. The Kier molecular flexibility index (Phi) is 4.30. The van der Waals surface area contributed by atoms with E-state index in [0.29, 0.717) is 6.04 Å². The van der Waals surface area contributed by atoms with Crippen molar-refractivity contribution in [3.8, 4) is 0 Å². The number of hydrogen-bond acceptors (Lipinski definition) is 4. The van der Waals surface area contributed by atoms with E-state index in [4.69, 9.17) is 4.74 Å². The van der Waals surface area contributed by atoms with E-state index in [1.165, 1.54) is 12.8 Å². The minimum absolute atomic E-state index is 0.0988. The predicted molar refractivity (Wildman–Crippen MR) is 79.9 cm³/mol. The lowest BCUT2D eigenvalue weighted by atomic mass is 9.87. The van der Waals surface area contributed by atoms with Gasteiger partial charge in [0.05, 0.1) is 5.54 Å². The highest BCUT2D eigenvalue weighted by Crippen LogP contribution is 2.34. The quantitative estimate of drug-likeness (QED) is 0.856. The van der Waals surface area contributed by atoms with Crippen molar-refractivity contribution in [2.75, 3.05) is 33.2 Å². The van der Waals surface area contributed by atoms with Gasteiger partial charge in [0.15, 0.2) is 0 Å². The van der Waals surface area contributed by atoms with Crippen LogP contribution in [0.3, 0.4) is 0 Å². The number of carbonyl (C=O) groups is 1. The molecule has 0 aromatic rings. The van der Waals surface area contributed by atoms with E-state index in [1.807, 2.05) is 32.7 Å². The van der Waals surface area contributed by atoms with Crippen LogP contribution in [0.5, 0.6) is 0 Å². The van der Waals surface area contributed by atoms with Gasteiger partial charge in [0.1, 0.15) is 5.60 Å². The second-order valence-electron chi connectivity index (χ2n) is 7.28. The minimum Gasteiger partial charge on any atom is -0.444 e. The molecule has 0 bridgehead atoms. The highest BCUT2D eigenvalue weighted by molar-refractivity contribution is 5.70. The van der Waals surface area contributed by atoms with Crippen molar-refractivity contribution in [1.29, 1.82) is 0 Å². The molecule has 2 heterocycles. The van der Waals surface area contributed by atoms with Gasteiger partial charge < -0.3 is 15.0 Å². The maximum atomic E-state index is 12.1. The summed E-state index contributed by atoms with van der Waals surface area (Å²) in [6, 6.07) is 0.615. The molecule has 2 saturated heterocycles. The number of carbonyl (C=O) groups excluding carboxylic acids is 1. The minimum atomic E-state index is -0.417. The van der Waals surface area contributed by atoms with Gasteiger partial charge in [-0.1, -0.05) is 0 Å². The first kappa shape index (κ1) is 15.6. The van der Waals surface area contributed by atoms with Crippen molar-refractivity contribution in [3.63, 3.8) is 0 Å². The van der Waals surface area contributed by atoms with Crippen LogP contribution in [-0.2, 0) is 4.74 Å². The van der Waals surface area contributed by atoms with Crippen LogP contribution in [0.2, 0.25) is 0 Å². The van der Waals surface area contributed by atoms with Gasteiger partial charge in [-0.05, 0) is 54.1 Å². The number of amides is 1. The Morgan fingerprint density at radius 3 is 2.50 bits per heavy atom. The zero-order chi connectivity index (χ0) is 15.0. The smallest absolute Gasteiger partial charge is 0.410 e. The topological polar surface area (TPSA) is 44.8 Å². The van der Waals surface area contributed by atoms with Gasteiger partial charge >= 0.3 is 6.09 Å². The van der Waals surface area contributed by atoms with Gasteiger partial charge in [-0.3, -0.25) is 4.90 Å². The van der Waals surface area contributed by atoms with Crippen molar-refractivity contribution in [1.82, 2.24) is 15.1 Å². The van der Waals surface area contributed by atoms with Gasteiger partial charge in [0.25, 0.3) is 0 Å². The molecule has 0 radical (unpaired) electrons. The molecule has 2 rings (SSSR count). The Morgan fingerprint density at radius 2 is 2.05 bits per heavy atom. The first-order chi connectivity index (χ1) is 9.27. The Labute approximate surface area is 122 Å². The van der Waals surface area contributed by atoms with Gasteiger partial charge in [0, 0.05) is 25.7 Å². The van der Waals surface area contributed by atoms with Crippen LogP contribution in [0.4, 0.5) is 4.79 Å². The monoisotopic (exact) mass is 283 g/mol. The van der Waals surface area contributed by atoms with E-state index >= 15 is 0 Å². The summed E-state index contributed by atoms with van der Waals surface area (Å²) >= 11 is 0. The van der Waals surface area contributed by atoms with Gasteiger partial charge in [-0.2, -0.15) is 0 Å². The van der Waals surface area contributed by atoms with Crippen molar-refractivity contribution in [3.05, 3.63) is 0 Å². The molecule has 0 saturated carbocycles. The first-order valence-corrected chi connectivity index (χ1v) is 7.67. The molecule has 1 N–H and O–H groups in total. The molecule has 0 aliphatic carbocycles. The summed E-state index contributed by atoms with van der Waals surface area (Å²) in [6.07, 6.45) is 2.34. The summed E-state index contributed by atoms with van der Waals surface area (Å²) in [5, 5.41) is 3.30. The van der Waals surface area contributed by atoms with E-state index in [-0.39, 0.29) is 11.6 Å². The number of rotatable bonds is 3. The van der Waals surface area contributed by atoms with Gasteiger partial charge in [0.2, 0.25) is 0 Å². The molecule has 2 fully saturated rings. The molecule has 1 amide bonds. The number of likely N-dealkylation sites (N-methyl/N-ethyl adjacent to an activating group) is 1. The molecule has 5 heteroatoms. The van der Waals surface area contributed by atoms with Crippen LogP contribution < -0.4 is 5.32 Å². The second kappa shape index (κ2) is 5.53. The van der Waals surface area contributed by atoms with E-state index in [0.717, 1.165) is 26.2 Å². The van der Waals surface area contributed by atoms with Crippen LogP contribution in [-0.4, -0.2) is 66.3 Å². The normalized spacial score (nSPS) is 26.4. The lowest BCUT2D eigenvalue weighted by molar-refractivity contribution is -0.0659. The summed E-state index contributed by atoms with van der Waals surface area (Å²) in [7, 11) is 1.98. The number of nitrogens with one attached hydrogen (secondary N) is 1. The van der Waals surface area contributed by atoms with E-state index in [9.17, 15) is 4.79 Å².